The number of nitrogens with one attached hydrogen (secondary N) is 2. The highest BCUT2D eigenvalue weighted by Crippen LogP contribution is 2.23. The number of ether oxygens (including phenoxy) is 2. The molecule has 0 aliphatic carbocycles. The molecule has 2 atom stereocenters. The molecular formula is C26H44N4O2. The fourth-order valence-electron chi connectivity index (χ4n) is 4.60. The molecule has 6 heteroatoms. The Morgan fingerprint density at radius 1 is 1.25 bits per heavy atom. The SMILES string of the molecule is CCNC(=NCc1ccc(C)cc1OCC1CCOC1)NCC1CCCN(CC(C)C)C1. The molecule has 2 unspecified atom stereocenters. The normalized spacial score (nSPS) is 22.3. The predicted molar refractivity (Wildman–Crippen MR) is 132 cm³/mol. The minimum absolute atomic E-state index is 0.497. The zero-order valence-electron chi connectivity index (χ0n) is 20.7. The molecule has 32 heavy (non-hydrogen) atoms. The van der Waals surface area contributed by atoms with E-state index in [0.29, 0.717) is 25.0 Å². The van der Waals surface area contributed by atoms with Crippen molar-refractivity contribution in [3.05, 3.63) is 29.3 Å². The van der Waals surface area contributed by atoms with E-state index in [1.54, 1.807) is 0 Å². The Hall–Kier alpha value is -1.79. The minimum atomic E-state index is 0.497. The van der Waals surface area contributed by atoms with Crippen molar-refractivity contribution in [1.29, 1.82) is 0 Å². The first kappa shape index (κ1) is 24.8. The maximum Gasteiger partial charge on any atom is 0.191 e. The van der Waals surface area contributed by atoms with E-state index in [1.807, 2.05) is 0 Å². The first-order valence-electron chi connectivity index (χ1n) is 12.6. The van der Waals surface area contributed by atoms with Crippen LogP contribution in [0, 0.1) is 24.7 Å². The lowest BCUT2D eigenvalue weighted by atomic mass is 9.97. The van der Waals surface area contributed by atoms with Crippen LogP contribution in [0.15, 0.2) is 23.2 Å². The second-order valence-corrected chi connectivity index (χ2v) is 9.89. The Labute approximate surface area is 195 Å². The predicted octanol–water partition coefficient (Wildman–Crippen LogP) is 3.83. The topological polar surface area (TPSA) is 58.1 Å². The molecule has 0 spiro atoms. The van der Waals surface area contributed by atoms with Crippen molar-refractivity contribution in [2.45, 2.75) is 53.5 Å². The van der Waals surface area contributed by atoms with E-state index in [2.05, 4.69) is 61.4 Å². The zero-order chi connectivity index (χ0) is 22.8. The van der Waals surface area contributed by atoms with E-state index < -0.39 is 0 Å². The number of hydrogen-bond donors (Lipinski definition) is 2. The second-order valence-electron chi connectivity index (χ2n) is 9.89. The van der Waals surface area contributed by atoms with Crippen LogP contribution in [0.3, 0.4) is 0 Å². The molecule has 3 rings (SSSR count). The summed E-state index contributed by atoms with van der Waals surface area (Å²) in [5.41, 5.74) is 2.34. The molecule has 0 aromatic heterocycles. The molecule has 2 aliphatic rings. The van der Waals surface area contributed by atoms with E-state index in [0.717, 1.165) is 55.9 Å². The average molecular weight is 445 g/mol. The molecule has 2 heterocycles. The minimum Gasteiger partial charge on any atom is -0.493 e. The smallest absolute Gasteiger partial charge is 0.191 e. The molecule has 180 valence electrons. The molecule has 6 nitrogen and oxygen atoms in total. The largest absolute Gasteiger partial charge is 0.493 e. The van der Waals surface area contributed by atoms with Crippen LogP contribution in [0.1, 0.15) is 51.2 Å². The molecule has 2 N–H and O–H groups in total. The lowest BCUT2D eigenvalue weighted by Crippen LogP contribution is -2.45. The van der Waals surface area contributed by atoms with Gasteiger partial charge >= 0.3 is 0 Å². The highest BCUT2D eigenvalue weighted by molar-refractivity contribution is 5.79. The molecule has 0 bridgehead atoms. The van der Waals surface area contributed by atoms with Crippen molar-refractivity contribution < 1.29 is 9.47 Å². The van der Waals surface area contributed by atoms with Gasteiger partial charge in [0.2, 0.25) is 0 Å². The van der Waals surface area contributed by atoms with Gasteiger partial charge in [-0.1, -0.05) is 26.0 Å². The molecule has 2 saturated heterocycles. The van der Waals surface area contributed by atoms with Crippen LogP contribution < -0.4 is 15.4 Å². The van der Waals surface area contributed by atoms with E-state index in [-0.39, 0.29) is 0 Å². The summed E-state index contributed by atoms with van der Waals surface area (Å²) in [7, 11) is 0. The van der Waals surface area contributed by atoms with E-state index >= 15 is 0 Å². The number of rotatable bonds is 10. The molecule has 1 aromatic carbocycles. The second kappa shape index (κ2) is 13.0. The summed E-state index contributed by atoms with van der Waals surface area (Å²) >= 11 is 0. The molecule has 0 radical (unpaired) electrons. The van der Waals surface area contributed by atoms with Gasteiger partial charge in [0.25, 0.3) is 0 Å². The summed E-state index contributed by atoms with van der Waals surface area (Å²) in [5.74, 6) is 3.75. The lowest BCUT2D eigenvalue weighted by Gasteiger charge is -2.34. The fourth-order valence-corrected chi connectivity index (χ4v) is 4.60. The number of aliphatic imine (C=N–C) groups is 1. The van der Waals surface area contributed by atoms with Crippen molar-refractivity contribution in [2.75, 3.05) is 52.5 Å². The van der Waals surface area contributed by atoms with Crippen LogP contribution in [0.25, 0.3) is 0 Å². The summed E-state index contributed by atoms with van der Waals surface area (Å²) in [6, 6.07) is 6.42. The lowest BCUT2D eigenvalue weighted by molar-refractivity contribution is 0.159. The Balaban J connectivity index is 1.56. The van der Waals surface area contributed by atoms with E-state index in [1.165, 1.54) is 38.0 Å². The summed E-state index contributed by atoms with van der Waals surface area (Å²) in [5, 5.41) is 7.01. The van der Waals surface area contributed by atoms with Gasteiger partial charge in [0.15, 0.2) is 5.96 Å². The number of nitrogens with zero attached hydrogens (tertiary/aromatic N) is 2. The quantitative estimate of drug-likeness (QED) is 0.424. The van der Waals surface area contributed by atoms with Crippen LogP contribution in [-0.2, 0) is 11.3 Å². The summed E-state index contributed by atoms with van der Waals surface area (Å²) in [4.78, 5) is 7.50. The average Bonchev–Trinajstić information content (AvgIpc) is 3.28. The highest BCUT2D eigenvalue weighted by atomic mass is 16.5. The van der Waals surface area contributed by atoms with Crippen molar-refractivity contribution in [1.82, 2.24) is 15.5 Å². The van der Waals surface area contributed by atoms with Gasteiger partial charge in [-0.25, -0.2) is 4.99 Å². The van der Waals surface area contributed by atoms with Gasteiger partial charge in [-0.3, -0.25) is 0 Å². The van der Waals surface area contributed by atoms with Gasteiger partial charge in [-0.05, 0) is 63.1 Å². The maximum absolute atomic E-state index is 6.20. The standard InChI is InChI=1S/C26H44N4O2/c1-5-27-26(28-14-22-7-6-11-30(17-22)16-20(2)3)29-15-24-9-8-21(4)13-25(24)32-19-23-10-12-31-18-23/h8-9,13,20,22-23H,5-7,10-12,14-19H2,1-4H3,(H2,27,28,29). The van der Waals surface area contributed by atoms with E-state index in [9.17, 15) is 0 Å². The summed E-state index contributed by atoms with van der Waals surface area (Å²) in [6.07, 6.45) is 3.67. The molecule has 1 aromatic rings. The Kier molecular flexibility index (Phi) is 10.1. The highest BCUT2D eigenvalue weighted by Gasteiger charge is 2.21. The summed E-state index contributed by atoms with van der Waals surface area (Å²) < 4.78 is 11.7. The first-order valence-corrected chi connectivity index (χ1v) is 12.6. The Morgan fingerprint density at radius 3 is 2.88 bits per heavy atom. The Morgan fingerprint density at radius 2 is 2.12 bits per heavy atom. The molecular weight excluding hydrogens is 400 g/mol. The number of aryl methyl sites for hydroxylation is 1. The van der Waals surface area contributed by atoms with Crippen molar-refractivity contribution >= 4 is 5.96 Å². The first-order chi connectivity index (χ1) is 15.5. The van der Waals surface area contributed by atoms with Crippen molar-refractivity contribution in [3.63, 3.8) is 0 Å². The van der Waals surface area contributed by atoms with Crippen LogP contribution >= 0.6 is 0 Å². The van der Waals surface area contributed by atoms with Crippen molar-refractivity contribution in [2.24, 2.45) is 22.7 Å². The van der Waals surface area contributed by atoms with E-state index in [4.69, 9.17) is 14.5 Å². The van der Waals surface area contributed by atoms with Gasteiger partial charge in [0.1, 0.15) is 5.75 Å². The van der Waals surface area contributed by atoms with Crippen molar-refractivity contribution in [3.8, 4) is 5.75 Å². The molecule has 2 fully saturated rings. The number of piperidine rings is 1. The number of benzene rings is 1. The van der Waals surface area contributed by atoms with Crippen LogP contribution in [0.4, 0.5) is 0 Å². The third kappa shape index (κ3) is 8.28. The summed E-state index contributed by atoms with van der Waals surface area (Å²) in [6.45, 7) is 17.3. The number of hydrogen-bond acceptors (Lipinski definition) is 4. The maximum atomic E-state index is 6.20. The van der Waals surface area contributed by atoms with Crippen LogP contribution in [0.2, 0.25) is 0 Å². The molecule has 2 aliphatic heterocycles. The van der Waals surface area contributed by atoms with Gasteiger partial charge in [0, 0.05) is 44.3 Å². The van der Waals surface area contributed by atoms with Gasteiger partial charge in [-0.2, -0.15) is 0 Å². The van der Waals surface area contributed by atoms with Crippen LogP contribution in [0.5, 0.6) is 5.75 Å². The number of likely N-dealkylation sites (tertiary alicyclic amines) is 1. The number of guanidine groups is 1. The monoisotopic (exact) mass is 444 g/mol. The Bertz CT molecular complexity index is 716. The van der Waals surface area contributed by atoms with Gasteiger partial charge < -0.3 is 25.0 Å². The van der Waals surface area contributed by atoms with Crippen LogP contribution in [-0.4, -0.2) is 63.4 Å². The molecule has 0 amide bonds. The molecule has 0 saturated carbocycles. The zero-order valence-corrected chi connectivity index (χ0v) is 20.7. The third-order valence-corrected chi connectivity index (χ3v) is 6.26. The van der Waals surface area contributed by atoms with Gasteiger partial charge in [0.05, 0.1) is 19.8 Å². The van der Waals surface area contributed by atoms with Gasteiger partial charge in [-0.15, -0.1) is 0 Å². The third-order valence-electron chi connectivity index (χ3n) is 6.26. The fraction of sp³-hybridized carbons (Fsp3) is 0.731.